The number of nitrogens with zero attached hydrogens (tertiary/aromatic N) is 4. The van der Waals surface area contributed by atoms with Crippen LogP contribution < -0.4 is 25.6 Å². The number of aliphatic imine (C=N–C) groups is 1. The summed E-state index contributed by atoms with van der Waals surface area (Å²) in [4.78, 5) is 23.7. The molecule has 0 saturated heterocycles. The van der Waals surface area contributed by atoms with E-state index in [4.69, 9.17) is 0 Å². The first-order valence-corrected chi connectivity index (χ1v) is 12.2. The van der Waals surface area contributed by atoms with Gasteiger partial charge in [-0.25, -0.2) is 13.4 Å². The number of carbonyl (C=O) groups excluding carboxylic acids is 1. The van der Waals surface area contributed by atoms with Gasteiger partial charge in [-0.2, -0.15) is 13.2 Å². The Balaban J connectivity index is 1.76. The van der Waals surface area contributed by atoms with Crippen LogP contribution in [0.15, 0.2) is 41.7 Å². The Kier molecular flexibility index (Phi) is 7.80. The molecule has 0 saturated carbocycles. The van der Waals surface area contributed by atoms with E-state index in [0.717, 1.165) is 10.6 Å². The van der Waals surface area contributed by atoms with Gasteiger partial charge in [0.2, 0.25) is 10.0 Å². The smallest absolute Gasteiger partial charge is 0.355 e. The predicted octanol–water partition coefficient (Wildman–Crippen LogP) is 0.898. The normalized spacial score (nSPS) is 18.3. The largest absolute Gasteiger partial charge is 0.396 e. The van der Waals surface area contributed by atoms with Crippen molar-refractivity contribution in [3.63, 3.8) is 0 Å². The number of anilines is 2. The summed E-state index contributed by atoms with van der Waals surface area (Å²) in [6.45, 7) is -0.731. The van der Waals surface area contributed by atoms with Crippen LogP contribution in [0.1, 0.15) is 16.1 Å². The number of hydrogen-bond acceptors (Lipinski definition) is 9. The molecule has 1 amide bonds. The number of benzene rings is 1. The maximum absolute atomic E-state index is 13.7. The van der Waals surface area contributed by atoms with Crippen molar-refractivity contribution in [2.75, 3.05) is 36.5 Å². The van der Waals surface area contributed by atoms with Crippen molar-refractivity contribution in [1.29, 1.82) is 0 Å². The van der Waals surface area contributed by atoms with Gasteiger partial charge in [-0.05, 0) is 24.3 Å². The third-order valence-electron chi connectivity index (χ3n) is 5.24. The molecule has 2 aromatic rings. The molecule has 15 heteroatoms. The highest BCUT2D eigenvalue weighted by Gasteiger charge is 2.46. The third kappa shape index (κ3) is 6.57. The molecular formula is C20H25F3N8O3S. The Morgan fingerprint density at radius 2 is 1.86 bits per heavy atom. The molecule has 1 aromatic carbocycles. The highest BCUT2D eigenvalue weighted by Crippen LogP contribution is 2.30. The van der Waals surface area contributed by atoms with Gasteiger partial charge in [-0.3, -0.25) is 24.4 Å². The molecule has 4 N–H and O–H groups in total. The molecular weight excluding hydrogens is 489 g/mol. The van der Waals surface area contributed by atoms with Crippen LogP contribution in [-0.2, 0) is 16.6 Å². The average molecular weight is 515 g/mol. The second-order valence-corrected chi connectivity index (χ2v) is 9.69. The summed E-state index contributed by atoms with van der Waals surface area (Å²) in [6, 6.07) is 6.32. The van der Waals surface area contributed by atoms with Crippen molar-refractivity contribution in [3.8, 4) is 0 Å². The van der Waals surface area contributed by atoms with E-state index in [2.05, 4.69) is 36.2 Å². The van der Waals surface area contributed by atoms with Gasteiger partial charge in [0.25, 0.3) is 5.91 Å². The molecule has 1 aliphatic rings. The van der Waals surface area contributed by atoms with Crippen LogP contribution in [0.2, 0.25) is 0 Å². The number of aromatic nitrogens is 2. The lowest BCUT2D eigenvalue weighted by atomic mass is 10.0. The first-order chi connectivity index (χ1) is 16.4. The number of hydrogen-bond donors (Lipinski definition) is 4. The van der Waals surface area contributed by atoms with E-state index in [1.807, 2.05) is 0 Å². The van der Waals surface area contributed by atoms with Crippen molar-refractivity contribution in [3.05, 3.63) is 47.9 Å². The molecule has 0 spiro atoms. The fourth-order valence-corrected chi connectivity index (χ4v) is 3.71. The van der Waals surface area contributed by atoms with Crippen molar-refractivity contribution >= 4 is 33.4 Å². The van der Waals surface area contributed by atoms with Gasteiger partial charge in [0.1, 0.15) is 5.92 Å². The molecule has 190 valence electrons. The summed E-state index contributed by atoms with van der Waals surface area (Å²) in [5.74, 6) is -2.02. The van der Waals surface area contributed by atoms with Crippen molar-refractivity contribution in [1.82, 2.24) is 25.9 Å². The number of sulfonamides is 1. The minimum absolute atomic E-state index is 0.00471. The van der Waals surface area contributed by atoms with Gasteiger partial charge < -0.3 is 16.0 Å². The Hall–Kier alpha value is -3.46. The minimum Gasteiger partial charge on any atom is -0.355 e. The topological polar surface area (TPSA) is 141 Å². The number of halogens is 3. The first-order valence-electron chi connectivity index (χ1n) is 10.3. The zero-order valence-corrected chi connectivity index (χ0v) is 19.9. The number of nitrogens with one attached hydrogen (secondary N) is 4. The maximum Gasteiger partial charge on any atom is 0.396 e. The Morgan fingerprint density at radius 1 is 1.20 bits per heavy atom. The monoisotopic (exact) mass is 514 g/mol. The van der Waals surface area contributed by atoms with Gasteiger partial charge in [0, 0.05) is 44.3 Å². The molecule has 0 bridgehead atoms. The van der Waals surface area contributed by atoms with Crippen LogP contribution >= 0.6 is 0 Å². The molecule has 11 nitrogen and oxygen atoms in total. The zero-order chi connectivity index (χ0) is 25.8. The first kappa shape index (κ1) is 26.2. The molecule has 1 aromatic heterocycles. The van der Waals surface area contributed by atoms with Gasteiger partial charge in [0.15, 0.2) is 11.8 Å². The van der Waals surface area contributed by atoms with E-state index in [9.17, 15) is 26.4 Å². The highest BCUT2D eigenvalue weighted by atomic mass is 32.2. The quantitative estimate of drug-likeness (QED) is 0.427. The summed E-state index contributed by atoms with van der Waals surface area (Å²) >= 11 is 0. The lowest BCUT2D eigenvalue weighted by Crippen LogP contribution is -2.59. The average Bonchev–Trinajstić information content (AvgIpc) is 2.81. The van der Waals surface area contributed by atoms with Crippen molar-refractivity contribution in [2.45, 2.75) is 18.9 Å². The number of rotatable bonds is 7. The summed E-state index contributed by atoms with van der Waals surface area (Å²) in [5, 5.41) is 10.9. The number of guanidine groups is 1. The Bertz CT molecular complexity index is 1190. The lowest BCUT2D eigenvalue weighted by Gasteiger charge is -2.34. The van der Waals surface area contributed by atoms with Crippen LogP contribution in [0.25, 0.3) is 0 Å². The number of carbonyl (C=O) groups is 1. The molecule has 2 unspecified atom stereocenters. The molecule has 1 aliphatic heterocycles. The van der Waals surface area contributed by atoms with E-state index in [1.165, 1.54) is 26.5 Å². The van der Waals surface area contributed by atoms with Gasteiger partial charge >= 0.3 is 6.18 Å². The molecule has 2 atom stereocenters. The molecule has 0 aliphatic carbocycles. The van der Waals surface area contributed by atoms with Gasteiger partial charge in [-0.1, -0.05) is 0 Å². The second kappa shape index (κ2) is 10.4. The predicted molar refractivity (Wildman–Crippen MR) is 124 cm³/mol. The van der Waals surface area contributed by atoms with Gasteiger partial charge in [-0.15, -0.1) is 0 Å². The molecule has 0 fully saturated rings. The maximum atomic E-state index is 13.7. The van der Waals surface area contributed by atoms with E-state index in [1.54, 1.807) is 24.3 Å². The van der Waals surface area contributed by atoms with Crippen LogP contribution in [0.4, 0.5) is 24.7 Å². The lowest BCUT2D eigenvalue weighted by molar-refractivity contribution is -0.181. The van der Waals surface area contributed by atoms with E-state index >= 15 is 0 Å². The zero-order valence-electron chi connectivity index (χ0n) is 19.1. The van der Waals surface area contributed by atoms with E-state index in [0.29, 0.717) is 11.3 Å². The summed E-state index contributed by atoms with van der Waals surface area (Å²) in [6.07, 6.45) is -2.25. The number of amides is 1. The van der Waals surface area contributed by atoms with E-state index < -0.39 is 34.8 Å². The second-order valence-electron chi connectivity index (χ2n) is 7.68. The van der Waals surface area contributed by atoms with Crippen molar-refractivity contribution < 1.29 is 26.4 Å². The third-order valence-corrected chi connectivity index (χ3v) is 6.40. The Labute approximate surface area is 200 Å². The molecule has 35 heavy (non-hydrogen) atoms. The molecule has 3 rings (SSSR count). The van der Waals surface area contributed by atoms with Crippen LogP contribution in [0.5, 0.6) is 0 Å². The fraction of sp³-hybridized carbons (Fsp3) is 0.400. The summed E-state index contributed by atoms with van der Waals surface area (Å²) < 4.78 is 65.7. The standard InChI is InChI=1S/C20H25F3N8O3S/c1-24-18(32)12-4-6-13(7-5-12)29-19-28-10-14(20(21,22)23)16(30-19)27-11-15-17(26-9-8-25-15)31(2)35(3,33)34/h4-9,14,16,27H,10-11H2,1-3H3,(H,24,32)(H2,28,29,30). The minimum atomic E-state index is -4.55. The van der Waals surface area contributed by atoms with Crippen LogP contribution in [0.3, 0.4) is 0 Å². The number of alkyl halides is 3. The SMILES string of the molecule is CNC(=O)c1ccc(NC2=NCC(C(F)(F)F)C(NCc3nccnc3N(C)S(C)(=O)=O)N2)cc1. The van der Waals surface area contributed by atoms with Gasteiger partial charge in [0.05, 0.1) is 24.7 Å². The van der Waals surface area contributed by atoms with Crippen LogP contribution in [0, 0.1) is 5.92 Å². The van der Waals surface area contributed by atoms with Crippen LogP contribution in [-0.4, -0.2) is 69.5 Å². The molecule has 2 heterocycles. The molecule has 0 radical (unpaired) electrons. The van der Waals surface area contributed by atoms with Crippen molar-refractivity contribution in [2.24, 2.45) is 10.9 Å². The Morgan fingerprint density at radius 3 is 2.46 bits per heavy atom. The summed E-state index contributed by atoms with van der Waals surface area (Å²) in [5.41, 5.74) is 1.09. The fourth-order valence-electron chi connectivity index (χ4n) is 3.25. The highest BCUT2D eigenvalue weighted by molar-refractivity contribution is 7.92. The summed E-state index contributed by atoms with van der Waals surface area (Å²) in [7, 11) is -0.871. The van der Waals surface area contributed by atoms with E-state index in [-0.39, 0.29) is 29.9 Å².